The van der Waals surface area contributed by atoms with Gasteiger partial charge in [-0.1, -0.05) is 12.2 Å². The number of likely N-dealkylation sites (N-methyl/N-ethyl adjacent to an activating group) is 1. The van der Waals surface area contributed by atoms with Crippen LogP contribution in [0.25, 0.3) is 0 Å². The largest absolute Gasteiger partial charge is 0.494 e. The van der Waals surface area contributed by atoms with Gasteiger partial charge in [-0.15, -0.1) is 0 Å². The molecule has 1 atom stereocenters. The average molecular weight is 270 g/mol. The smallest absolute Gasteiger partial charge is 0.254 e. The molecule has 0 heterocycles. The highest BCUT2D eigenvalue weighted by Crippen LogP contribution is 2.19. The Morgan fingerprint density at radius 1 is 1.56 bits per heavy atom. The molecule has 1 amide bonds. The van der Waals surface area contributed by atoms with Gasteiger partial charge in [-0.3, -0.25) is 4.79 Å². The minimum atomic E-state index is -0.515. The molecule has 6 heteroatoms. The number of nitrogens with zero attached hydrogens (tertiary/aromatic N) is 1. The highest BCUT2D eigenvalue weighted by atomic mass is 32.1. The first-order chi connectivity index (χ1) is 8.38. The molecule has 0 radical (unpaired) electrons. The molecule has 4 nitrogen and oxygen atoms in total. The molecule has 1 aromatic carbocycles. The molecule has 0 aromatic heterocycles. The number of nitrogens with two attached hydrogens (primary N) is 1. The highest BCUT2D eigenvalue weighted by Gasteiger charge is 2.20. The zero-order valence-corrected chi connectivity index (χ0v) is 11.3. The third-order valence-electron chi connectivity index (χ3n) is 2.71. The standard InChI is InChI=1S/C12H15FN2O2S/c1-7(11(14)18)15(2)12(16)8-4-5-9(13)10(6-8)17-3/h4-7H,1-3H3,(H2,14,18). The van der Waals surface area contributed by atoms with Gasteiger partial charge in [0.25, 0.3) is 5.91 Å². The van der Waals surface area contributed by atoms with Crippen molar-refractivity contribution in [1.82, 2.24) is 4.90 Å². The van der Waals surface area contributed by atoms with Crippen LogP contribution < -0.4 is 10.5 Å². The van der Waals surface area contributed by atoms with Gasteiger partial charge in [0.2, 0.25) is 0 Å². The number of methoxy groups -OCH3 is 1. The lowest BCUT2D eigenvalue weighted by Gasteiger charge is -2.24. The number of ether oxygens (including phenoxy) is 1. The molecule has 2 N–H and O–H groups in total. The zero-order chi connectivity index (χ0) is 13.9. The molecule has 98 valence electrons. The molecule has 18 heavy (non-hydrogen) atoms. The van der Waals surface area contributed by atoms with E-state index in [2.05, 4.69) is 0 Å². The summed E-state index contributed by atoms with van der Waals surface area (Å²) in [5.41, 5.74) is 5.80. The molecule has 0 aliphatic rings. The molecule has 0 bridgehead atoms. The van der Waals surface area contributed by atoms with Gasteiger partial charge in [0.15, 0.2) is 11.6 Å². The van der Waals surface area contributed by atoms with Crippen molar-refractivity contribution in [3.8, 4) is 5.75 Å². The summed E-state index contributed by atoms with van der Waals surface area (Å²) in [5, 5.41) is 0. The third-order valence-corrected chi connectivity index (χ3v) is 3.05. The molecule has 0 fully saturated rings. The lowest BCUT2D eigenvalue weighted by atomic mass is 10.1. The first kappa shape index (κ1) is 14.4. The number of hydrogen-bond acceptors (Lipinski definition) is 3. The summed E-state index contributed by atoms with van der Waals surface area (Å²) in [6.45, 7) is 1.72. The fourth-order valence-corrected chi connectivity index (χ4v) is 1.52. The van der Waals surface area contributed by atoms with E-state index in [0.717, 1.165) is 0 Å². The maximum absolute atomic E-state index is 13.2. The summed E-state index contributed by atoms with van der Waals surface area (Å²) in [7, 11) is 2.93. The lowest BCUT2D eigenvalue weighted by Crippen LogP contribution is -2.42. The Morgan fingerprint density at radius 3 is 2.67 bits per heavy atom. The minimum Gasteiger partial charge on any atom is -0.494 e. The van der Waals surface area contributed by atoms with Crippen molar-refractivity contribution in [2.24, 2.45) is 5.73 Å². The van der Waals surface area contributed by atoms with Crippen LogP contribution in [-0.2, 0) is 0 Å². The van der Waals surface area contributed by atoms with E-state index >= 15 is 0 Å². The van der Waals surface area contributed by atoms with Gasteiger partial charge in [0.05, 0.1) is 18.1 Å². The summed E-state index contributed by atoms with van der Waals surface area (Å²) >= 11 is 4.83. The van der Waals surface area contributed by atoms with Crippen LogP contribution in [0, 0.1) is 5.82 Å². The van der Waals surface area contributed by atoms with Crippen LogP contribution in [0.4, 0.5) is 4.39 Å². The minimum absolute atomic E-state index is 0.0252. The van der Waals surface area contributed by atoms with Crippen molar-refractivity contribution in [3.05, 3.63) is 29.6 Å². The predicted molar refractivity (Wildman–Crippen MR) is 71.3 cm³/mol. The monoisotopic (exact) mass is 270 g/mol. The molecular weight excluding hydrogens is 255 g/mol. The van der Waals surface area contributed by atoms with Crippen LogP contribution in [0.1, 0.15) is 17.3 Å². The Hall–Kier alpha value is -1.69. The molecule has 0 aliphatic heterocycles. The topological polar surface area (TPSA) is 55.6 Å². The van der Waals surface area contributed by atoms with Gasteiger partial charge in [-0.2, -0.15) is 0 Å². The van der Waals surface area contributed by atoms with Crippen LogP contribution in [0.2, 0.25) is 0 Å². The summed E-state index contributed by atoms with van der Waals surface area (Å²) in [5.74, 6) is -0.787. The van der Waals surface area contributed by atoms with Gasteiger partial charge in [-0.25, -0.2) is 4.39 Å². The van der Waals surface area contributed by atoms with E-state index in [4.69, 9.17) is 22.7 Å². The van der Waals surface area contributed by atoms with E-state index in [0.29, 0.717) is 5.56 Å². The van der Waals surface area contributed by atoms with Gasteiger partial charge in [-0.05, 0) is 25.1 Å². The quantitative estimate of drug-likeness (QED) is 0.844. The van der Waals surface area contributed by atoms with E-state index in [-0.39, 0.29) is 22.7 Å². The Labute approximate surface area is 111 Å². The number of benzene rings is 1. The maximum Gasteiger partial charge on any atom is 0.254 e. The highest BCUT2D eigenvalue weighted by molar-refractivity contribution is 7.80. The van der Waals surface area contributed by atoms with Crippen LogP contribution in [0.5, 0.6) is 5.75 Å². The van der Waals surface area contributed by atoms with E-state index in [9.17, 15) is 9.18 Å². The van der Waals surface area contributed by atoms with Crippen molar-refractivity contribution in [1.29, 1.82) is 0 Å². The van der Waals surface area contributed by atoms with Crippen molar-refractivity contribution in [2.75, 3.05) is 14.2 Å². The Bertz CT molecular complexity index is 479. The maximum atomic E-state index is 13.2. The number of carbonyl (C=O) groups excluding carboxylic acids is 1. The second-order valence-corrected chi connectivity index (χ2v) is 4.32. The lowest BCUT2D eigenvalue weighted by molar-refractivity contribution is 0.0778. The summed E-state index contributed by atoms with van der Waals surface area (Å²) < 4.78 is 18.1. The van der Waals surface area contributed by atoms with Gasteiger partial charge in [0, 0.05) is 12.6 Å². The number of rotatable bonds is 4. The SMILES string of the molecule is COc1cc(C(=O)N(C)C(C)C(N)=S)ccc1F. The van der Waals surface area contributed by atoms with Gasteiger partial charge < -0.3 is 15.4 Å². The number of hydrogen-bond donors (Lipinski definition) is 1. The third kappa shape index (κ3) is 2.95. The fourth-order valence-electron chi connectivity index (χ4n) is 1.36. The predicted octanol–water partition coefficient (Wildman–Crippen LogP) is 1.58. The second-order valence-electron chi connectivity index (χ2n) is 3.84. The van der Waals surface area contributed by atoms with Crippen molar-refractivity contribution in [3.63, 3.8) is 0 Å². The normalized spacial score (nSPS) is 11.8. The van der Waals surface area contributed by atoms with E-state index in [1.165, 1.54) is 30.2 Å². The van der Waals surface area contributed by atoms with Crippen LogP contribution in [0.15, 0.2) is 18.2 Å². The Kier molecular flexibility index (Phi) is 4.61. The molecule has 1 aromatic rings. The Morgan fingerprint density at radius 2 is 2.17 bits per heavy atom. The molecular formula is C12H15FN2O2S. The fraction of sp³-hybridized carbons (Fsp3) is 0.333. The van der Waals surface area contributed by atoms with Gasteiger partial charge in [0.1, 0.15) is 0 Å². The van der Waals surface area contributed by atoms with Crippen molar-refractivity contribution in [2.45, 2.75) is 13.0 Å². The number of thiocarbonyl (C=S) groups is 1. The zero-order valence-electron chi connectivity index (χ0n) is 10.4. The number of halogens is 1. The van der Waals surface area contributed by atoms with Crippen LogP contribution in [0.3, 0.4) is 0 Å². The molecule has 1 unspecified atom stereocenters. The molecule has 1 rings (SSSR count). The average Bonchev–Trinajstić information content (AvgIpc) is 2.36. The molecule has 0 saturated heterocycles. The summed E-state index contributed by atoms with van der Waals surface area (Å²) in [4.78, 5) is 13.7. The summed E-state index contributed by atoms with van der Waals surface area (Å²) in [6.07, 6.45) is 0. The molecule has 0 saturated carbocycles. The van der Waals surface area contributed by atoms with E-state index < -0.39 is 5.82 Å². The van der Waals surface area contributed by atoms with Crippen LogP contribution in [-0.4, -0.2) is 36.0 Å². The van der Waals surface area contributed by atoms with E-state index in [1.54, 1.807) is 14.0 Å². The van der Waals surface area contributed by atoms with Crippen molar-refractivity contribution < 1.29 is 13.9 Å². The summed E-state index contributed by atoms with van der Waals surface area (Å²) in [6, 6.07) is 3.55. The van der Waals surface area contributed by atoms with Gasteiger partial charge >= 0.3 is 0 Å². The van der Waals surface area contributed by atoms with Crippen LogP contribution >= 0.6 is 12.2 Å². The molecule has 0 aliphatic carbocycles. The van der Waals surface area contributed by atoms with E-state index in [1.807, 2.05) is 0 Å². The molecule has 0 spiro atoms. The Balaban J connectivity index is 3.00. The second kappa shape index (κ2) is 5.77. The first-order valence-corrected chi connectivity index (χ1v) is 5.69. The first-order valence-electron chi connectivity index (χ1n) is 5.28. The number of carbonyl (C=O) groups is 1. The van der Waals surface area contributed by atoms with Crippen molar-refractivity contribution >= 4 is 23.1 Å². The number of amides is 1.